The Morgan fingerprint density at radius 1 is 1.00 bits per heavy atom. The monoisotopic (exact) mass is 220 g/mol. The molecule has 0 spiro atoms. The van der Waals surface area contributed by atoms with Crippen molar-refractivity contribution >= 4 is 0 Å². The van der Waals surface area contributed by atoms with Crippen molar-refractivity contribution in [3.63, 3.8) is 0 Å². The summed E-state index contributed by atoms with van der Waals surface area (Å²) in [6, 6.07) is 10.1. The standard InChI is InChI=1S/C15H24O/c1-3-5-6-8-11-14(4-2)16-15-12-9-7-10-13-15/h7,9-10,12-14H,3-6,8,11H2,1-2H3/t14-/m0/s1. The summed E-state index contributed by atoms with van der Waals surface area (Å²) in [5.74, 6) is 1.00. The molecule has 0 aliphatic heterocycles. The molecule has 0 bridgehead atoms. The average molecular weight is 220 g/mol. The van der Waals surface area contributed by atoms with Gasteiger partial charge in [-0.1, -0.05) is 51.3 Å². The molecule has 0 aliphatic rings. The number of rotatable bonds is 8. The van der Waals surface area contributed by atoms with Gasteiger partial charge in [0.15, 0.2) is 0 Å². The highest BCUT2D eigenvalue weighted by Gasteiger charge is 2.07. The molecule has 1 aromatic carbocycles. The van der Waals surface area contributed by atoms with E-state index in [0.717, 1.165) is 12.2 Å². The zero-order valence-electron chi connectivity index (χ0n) is 10.6. The third kappa shape index (κ3) is 5.20. The summed E-state index contributed by atoms with van der Waals surface area (Å²) < 4.78 is 5.94. The number of unbranched alkanes of at least 4 members (excludes halogenated alkanes) is 3. The summed E-state index contributed by atoms with van der Waals surface area (Å²) in [6.45, 7) is 4.45. The summed E-state index contributed by atoms with van der Waals surface area (Å²) in [7, 11) is 0. The van der Waals surface area contributed by atoms with Crippen LogP contribution in [0.1, 0.15) is 52.4 Å². The average Bonchev–Trinajstić information content (AvgIpc) is 2.34. The van der Waals surface area contributed by atoms with Gasteiger partial charge in [0.2, 0.25) is 0 Å². The third-order valence-corrected chi connectivity index (χ3v) is 2.88. The van der Waals surface area contributed by atoms with Gasteiger partial charge in [-0.2, -0.15) is 0 Å². The molecule has 0 amide bonds. The van der Waals surface area contributed by atoms with Crippen LogP contribution in [0.4, 0.5) is 0 Å². The van der Waals surface area contributed by atoms with Crippen LogP contribution in [-0.4, -0.2) is 6.10 Å². The second kappa shape index (κ2) is 8.20. The van der Waals surface area contributed by atoms with Crippen molar-refractivity contribution in [3.8, 4) is 5.75 Å². The molecule has 1 aromatic rings. The van der Waals surface area contributed by atoms with E-state index in [4.69, 9.17) is 4.74 Å². The molecule has 0 radical (unpaired) electrons. The molecule has 0 saturated heterocycles. The van der Waals surface area contributed by atoms with Crippen molar-refractivity contribution in [3.05, 3.63) is 30.3 Å². The summed E-state index contributed by atoms with van der Waals surface area (Å²) in [6.07, 6.45) is 7.95. The minimum atomic E-state index is 0.388. The smallest absolute Gasteiger partial charge is 0.119 e. The molecule has 0 N–H and O–H groups in total. The van der Waals surface area contributed by atoms with Gasteiger partial charge in [-0.15, -0.1) is 0 Å². The summed E-state index contributed by atoms with van der Waals surface area (Å²) in [5, 5.41) is 0. The van der Waals surface area contributed by atoms with E-state index in [1.165, 1.54) is 32.1 Å². The van der Waals surface area contributed by atoms with Gasteiger partial charge in [0.25, 0.3) is 0 Å². The highest BCUT2D eigenvalue weighted by atomic mass is 16.5. The first-order chi connectivity index (χ1) is 7.86. The fourth-order valence-electron chi connectivity index (χ4n) is 1.84. The van der Waals surface area contributed by atoms with Crippen LogP contribution in [0.15, 0.2) is 30.3 Å². The Morgan fingerprint density at radius 3 is 2.38 bits per heavy atom. The minimum Gasteiger partial charge on any atom is -0.490 e. The van der Waals surface area contributed by atoms with Gasteiger partial charge < -0.3 is 4.74 Å². The Balaban J connectivity index is 2.26. The SMILES string of the molecule is CCCCCC[C@H](CC)Oc1ccccc1. The molecule has 1 heteroatoms. The summed E-state index contributed by atoms with van der Waals surface area (Å²) in [5.41, 5.74) is 0. The number of hydrogen-bond acceptors (Lipinski definition) is 1. The number of ether oxygens (including phenoxy) is 1. The molecule has 1 nitrogen and oxygen atoms in total. The molecular formula is C15H24O. The second-order valence-corrected chi connectivity index (χ2v) is 4.31. The number of hydrogen-bond donors (Lipinski definition) is 0. The minimum absolute atomic E-state index is 0.388. The van der Waals surface area contributed by atoms with Gasteiger partial charge in [-0.25, -0.2) is 0 Å². The lowest BCUT2D eigenvalue weighted by Crippen LogP contribution is -2.15. The first kappa shape index (κ1) is 13.1. The Hall–Kier alpha value is -0.980. The lowest BCUT2D eigenvalue weighted by Gasteiger charge is -2.17. The van der Waals surface area contributed by atoms with Crippen molar-refractivity contribution in [2.45, 2.75) is 58.5 Å². The fraction of sp³-hybridized carbons (Fsp3) is 0.600. The van der Waals surface area contributed by atoms with Crippen LogP contribution in [0.3, 0.4) is 0 Å². The highest BCUT2D eigenvalue weighted by Crippen LogP contribution is 2.16. The molecule has 0 fully saturated rings. The molecule has 16 heavy (non-hydrogen) atoms. The molecule has 0 aliphatic carbocycles. The van der Waals surface area contributed by atoms with E-state index in [-0.39, 0.29) is 0 Å². The molecule has 0 unspecified atom stereocenters. The van der Waals surface area contributed by atoms with E-state index in [2.05, 4.69) is 13.8 Å². The van der Waals surface area contributed by atoms with E-state index in [9.17, 15) is 0 Å². The van der Waals surface area contributed by atoms with Crippen LogP contribution in [0.2, 0.25) is 0 Å². The van der Waals surface area contributed by atoms with Gasteiger partial charge in [-0.3, -0.25) is 0 Å². The first-order valence-corrected chi connectivity index (χ1v) is 6.58. The van der Waals surface area contributed by atoms with Crippen LogP contribution < -0.4 is 4.74 Å². The van der Waals surface area contributed by atoms with Crippen LogP contribution in [0, 0.1) is 0 Å². The van der Waals surface area contributed by atoms with Crippen LogP contribution in [-0.2, 0) is 0 Å². The predicted octanol–water partition coefficient (Wildman–Crippen LogP) is 4.81. The molecular weight excluding hydrogens is 196 g/mol. The first-order valence-electron chi connectivity index (χ1n) is 6.58. The van der Waals surface area contributed by atoms with E-state index < -0.39 is 0 Å². The maximum Gasteiger partial charge on any atom is 0.119 e. The van der Waals surface area contributed by atoms with Crippen molar-refractivity contribution in [1.29, 1.82) is 0 Å². The third-order valence-electron chi connectivity index (χ3n) is 2.88. The lowest BCUT2D eigenvalue weighted by molar-refractivity contribution is 0.182. The molecule has 0 heterocycles. The van der Waals surface area contributed by atoms with Crippen LogP contribution in [0.25, 0.3) is 0 Å². The molecule has 0 aromatic heterocycles. The largest absolute Gasteiger partial charge is 0.490 e. The summed E-state index contributed by atoms with van der Waals surface area (Å²) >= 11 is 0. The molecule has 0 saturated carbocycles. The van der Waals surface area contributed by atoms with Gasteiger partial charge in [0, 0.05) is 0 Å². The topological polar surface area (TPSA) is 9.23 Å². The quantitative estimate of drug-likeness (QED) is 0.571. The maximum atomic E-state index is 5.94. The van der Waals surface area contributed by atoms with Crippen molar-refractivity contribution in [2.75, 3.05) is 0 Å². The van der Waals surface area contributed by atoms with E-state index in [1.807, 2.05) is 30.3 Å². The van der Waals surface area contributed by atoms with Crippen LogP contribution in [0.5, 0.6) is 5.75 Å². The zero-order valence-corrected chi connectivity index (χ0v) is 10.6. The van der Waals surface area contributed by atoms with Gasteiger partial charge in [0.05, 0.1) is 6.10 Å². The molecule has 90 valence electrons. The predicted molar refractivity (Wildman–Crippen MR) is 69.9 cm³/mol. The van der Waals surface area contributed by atoms with Crippen molar-refractivity contribution in [1.82, 2.24) is 0 Å². The lowest BCUT2D eigenvalue weighted by atomic mass is 10.1. The maximum absolute atomic E-state index is 5.94. The van der Waals surface area contributed by atoms with Crippen molar-refractivity contribution in [2.24, 2.45) is 0 Å². The van der Waals surface area contributed by atoms with Crippen LogP contribution >= 0.6 is 0 Å². The Kier molecular flexibility index (Phi) is 6.71. The van der Waals surface area contributed by atoms with E-state index in [1.54, 1.807) is 0 Å². The van der Waals surface area contributed by atoms with Crippen molar-refractivity contribution < 1.29 is 4.74 Å². The second-order valence-electron chi connectivity index (χ2n) is 4.31. The number of benzene rings is 1. The van der Waals surface area contributed by atoms with Gasteiger partial charge in [-0.05, 0) is 31.4 Å². The Labute approximate surface area is 99.8 Å². The Bertz CT molecular complexity index is 255. The van der Waals surface area contributed by atoms with Gasteiger partial charge >= 0.3 is 0 Å². The molecule has 1 rings (SSSR count). The Morgan fingerprint density at radius 2 is 1.75 bits per heavy atom. The highest BCUT2D eigenvalue weighted by molar-refractivity contribution is 5.21. The zero-order chi connectivity index (χ0) is 11.6. The van der Waals surface area contributed by atoms with E-state index in [0.29, 0.717) is 6.10 Å². The summed E-state index contributed by atoms with van der Waals surface area (Å²) in [4.78, 5) is 0. The fourth-order valence-corrected chi connectivity index (χ4v) is 1.84. The normalized spacial score (nSPS) is 12.4. The number of para-hydroxylation sites is 1. The van der Waals surface area contributed by atoms with Gasteiger partial charge in [0.1, 0.15) is 5.75 Å². The molecule has 1 atom stereocenters. The van der Waals surface area contributed by atoms with E-state index >= 15 is 0 Å².